The minimum absolute atomic E-state index is 0.0292. The molecule has 4 amide bonds. The molecule has 1 spiro atoms. The lowest BCUT2D eigenvalue weighted by Gasteiger charge is -2.54. The Morgan fingerprint density at radius 3 is 2.45 bits per heavy atom. The number of anilines is 1. The highest BCUT2D eigenvalue weighted by molar-refractivity contribution is 6.20. The summed E-state index contributed by atoms with van der Waals surface area (Å²) in [5, 5.41) is 14.5. The summed E-state index contributed by atoms with van der Waals surface area (Å²) in [6.45, 7) is 2.32. The first-order chi connectivity index (χ1) is 19.2. The fourth-order valence-electron chi connectivity index (χ4n) is 5.80. The predicted molar refractivity (Wildman–Crippen MR) is 144 cm³/mol. The summed E-state index contributed by atoms with van der Waals surface area (Å²) in [4.78, 5) is 74.9. The molecule has 0 saturated carbocycles. The zero-order valence-corrected chi connectivity index (χ0v) is 21.1. The molecule has 2 fully saturated rings. The van der Waals surface area contributed by atoms with Gasteiger partial charge in [-0.1, -0.05) is 30.3 Å². The van der Waals surface area contributed by atoms with Gasteiger partial charge in [-0.05, 0) is 35.7 Å². The van der Waals surface area contributed by atoms with Crippen LogP contribution in [0.3, 0.4) is 0 Å². The van der Waals surface area contributed by atoms with E-state index in [1.165, 1.54) is 0 Å². The minimum Gasteiger partial charge on any atom is -0.494 e. The van der Waals surface area contributed by atoms with Gasteiger partial charge in [0.05, 0.1) is 11.7 Å². The summed E-state index contributed by atoms with van der Waals surface area (Å²) >= 11 is 0. The second kappa shape index (κ2) is 9.61. The van der Waals surface area contributed by atoms with E-state index in [1.54, 1.807) is 12.1 Å². The number of urea groups is 1. The van der Waals surface area contributed by atoms with Crippen molar-refractivity contribution in [2.24, 2.45) is 10.4 Å². The molecular formula is C27H25N7O6. The number of nitrogens with zero attached hydrogens (tertiary/aromatic N) is 3. The average Bonchev–Trinajstić information content (AvgIpc) is 2.91. The second-order valence-corrected chi connectivity index (χ2v) is 10.1. The van der Waals surface area contributed by atoms with Crippen LogP contribution in [0.5, 0.6) is 5.88 Å². The van der Waals surface area contributed by atoms with Crippen molar-refractivity contribution >= 4 is 35.4 Å². The van der Waals surface area contributed by atoms with Crippen molar-refractivity contribution < 1.29 is 19.5 Å². The standard InChI is InChI=1S/C27H25N7O6/c35-21-18(22(36)30-25(39)29-21)12-28-17-6-7-19-16(10-17)11-27(23(37)31-26(40)32-24(27)38)20-14-33(8-9-34(19)20)13-15-4-2-1-3-5-15/h1-7,10,12,20H,8-9,11,13-14H2,(H3,29,30,35,36,39)(H2,31,32,37,38,40)/t20-/m1/s1. The molecule has 2 aromatic carbocycles. The Labute approximate surface area is 226 Å². The van der Waals surface area contributed by atoms with Crippen molar-refractivity contribution in [1.29, 1.82) is 0 Å². The smallest absolute Gasteiger partial charge is 0.328 e. The van der Waals surface area contributed by atoms with E-state index in [0.717, 1.165) is 17.5 Å². The molecule has 1 atom stereocenters. The van der Waals surface area contributed by atoms with Gasteiger partial charge in [-0.3, -0.25) is 44.9 Å². The zero-order chi connectivity index (χ0) is 28.0. The van der Waals surface area contributed by atoms with Crippen LogP contribution >= 0.6 is 0 Å². The number of carbonyl (C=O) groups is 3. The fraction of sp³-hybridized carbons (Fsp3) is 0.259. The molecule has 13 nitrogen and oxygen atoms in total. The molecule has 0 aliphatic carbocycles. The number of rotatable bonds is 4. The van der Waals surface area contributed by atoms with Gasteiger partial charge in [-0.25, -0.2) is 9.59 Å². The Balaban J connectivity index is 1.37. The van der Waals surface area contributed by atoms with Gasteiger partial charge in [0.15, 0.2) is 5.41 Å². The van der Waals surface area contributed by atoms with Crippen LogP contribution in [0.15, 0.2) is 63.1 Å². The molecule has 3 aromatic rings. The number of hydrogen-bond donors (Lipinski definition) is 5. The van der Waals surface area contributed by atoms with E-state index < -0.39 is 46.4 Å². The molecule has 1 aromatic heterocycles. The maximum absolute atomic E-state index is 13.5. The number of aromatic amines is 2. The average molecular weight is 544 g/mol. The third-order valence-corrected chi connectivity index (χ3v) is 7.69. The highest BCUT2D eigenvalue weighted by atomic mass is 16.3. The summed E-state index contributed by atoms with van der Waals surface area (Å²) in [6.07, 6.45) is 1.15. The quantitative estimate of drug-likeness (QED) is 0.227. The number of H-pyrrole nitrogens is 2. The number of hydrogen-bond acceptors (Lipinski definition) is 9. The number of nitrogens with one attached hydrogen (secondary N) is 4. The number of aromatic nitrogens is 2. The highest BCUT2D eigenvalue weighted by Crippen LogP contribution is 2.45. The molecule has 3 aliphatic heterocycles. The SMILES string of the molecule is O=C1NC(=O)C2(Cc3cc(N=Cc4c(O)[nH]c(=O)[nH]c4=O)ccc3N3CCN(Cc4ccccc4)C[C@@H]32)C(=O)N1. The molecule has 0 bridgehead atoms. The normalized spacial score (nSPS) is 20.2. The van der Waals surface area contributed by atoms with Gasteiger partial charge in [-0.15, -0.1) is 0 Å². The molecular weight excluding hydrogens is 518 g/mol. The van der Waals surface area contributed by atoms with Gasteiger partial charge in [-0.2, -0.15) is 0 Å². The van der Waals surface area contributed by atoms with E-state index >= 15 is 0 Å². The van der Waals surface area contributed by atoms with E-state index in [9.17, 15) is 29.1 Å². The predicted octanol–water partition coefficient (Wildman–Crippen LogP) is 0.119. The first-order valence-corrected chi connectivity index (χ1v) is 12.7. The van der Waals surface area contributed by atoms with Crippen LogP contribution in [0, 0.1) is 5.41 Å². The van der Waals surface area contributed by atoms with Crippen molar-refractivity contribution in [2.45, 2.75) is 19.0 Å². The number of piperazine rings is 1. The van der Waals surface area contributed by atoms with E-state index in [1.807, 2.05) is 46.3 Å². The highest BCUT2D eigenvalue weighted by Gasteiger charge is 2.60. The molecule has 6 rings (SSSR count). The van der Waals surface area contributed by atoms with Crippen LogP contribution in [0.4, 0.5) is 16.2 Å². The van der Waals surface area contributed by atoms with Crippen molar-refractivity contribution in [3.05, 3.63) is 86.1 Å². The lowest BCUT2D eigenvalue weighted by molar-refractivity contribution is -0.147. The minimum atomic E-state index is -1.56. The number of amides is 4. The van der Waals surface area contributed by atoms with Gasteiger partial charge >= 0.3 is 11.7 Å². The third-order valence-electron chi connectivity index (χ3n) is 7.69. The number of carbonyl (C=O) groups excluding carboxylic acids is 3. The van der Waals surface area contributed by atoms with Gasteiger partial charge in [0.25, 0.3) is 5.56 Å². The lowest BCUT2D eigenvalue weighted by atomic mass is 9.68. The van der Waals surface area contributed by atoms with Crippen LogP contribution < -0.4 is 26.8 Å². The Hall–Kier alpha value is -5.04. The van der Waals surface area contributed by atoms with Gasteiger partial charge in [0.2, 0.25) is 17.7 Å². The van der Waals surface area contributed by atoms with Crippen molar-refractivity contribution in [1.82, 2.24) is 25.5 Å². The number of fused-ring (bicyclic) bond motifs is 4. The van der Waals surface area contributed by atoms with E-state index in [2.05, 4.69) is 25.5 Å². The van der Waals surface area contributed by atoms with Crippen molar-refractivity contribution in [2.75, 3.05) is 24.5 Å². The molecule has 5 N–H and O–H groups in total. The Morgan fingerprint density at radius 1 is 0.975 bits per heavy atom. The van der Waals surface area contributed by atoms with Crippen LogP contribution in [0.25, 0.3) is 0 Å². The number of imide groups is 2. The molecule has 0 radical (unpaired) electrons. The number of benzene rings is 2. The molecule has 2 saturated heterocycles. The van der Waals surface area contributed by atoms with Gasteiger partial charge < -0.3 is 10.0 Å². The Bertz CT molecular complexity index is 1660. The largest absolute Gasteiger partial charge is 0.494 e. The van der Waals surface area contributed by atoms with Crippen LogP contribution in [-0.4, -0.2) is 69.7 Å². The lowest BCUT2D eigenvalue weighted by Crippen LogP contribution is -2.74. The maximum Gasteiger partial charge on any atom is 0.328 e. The summed E-state index contributed by atoms with van der Waals surface area (Å²) in [7, 11) is 0. The molecule has 3 aliphatic rings. The number of aromatic hydroxyl groups is 1. The first kappa shape index (κ1) is 25.2. The zero-order valence-electron chi connectivity index (χ0n) is 21.1. The third kappa shape index (κ3) is 4.25. The number of barbiturate groups is 1. The topological polar surface area (TPSA) is 180 Å². The van der Waals surface area contributed by atoms with Crippen molar-refractivity contribution in [3.8, 4) is 5.88 Å². The molecule has 13 heteroatoms. The van der Waals surface area contributed by atoms with E-state index in [0.29, 0.717) is 37.4 Å². The monoisotopic (exact) mass is 543 g/mol. The fourth-order valence-corrected chi connectivity index (χ4v) is 5.80. The van der Waals surface area contributed by atoms with Gasteiger partial charge in [0, 0.05) is 38.1 Å². The Morgan fingerprint density at radius 2 is 1.73 bits per heavy atom. The molecule has 4 heterocycles. The van der Waals surface area contributed by atoms with Crippen LogP contribution in [0.2, 0.25) is 0 Å². The van der Waals surface area contributed by atoms with Crippen LogP contribution in [-0.2, 0) is 22.6 Å². The molecule has 204 valence electrons. The van der Waals surface area contributed by atoms with Crippen molar-refractivity contribution in [3.63, 3.8) is 0 Å². The number of aliphatic imine (C=N–C) groups is 1. The summed E-state index contributed by atoms with van der Waals surface area (Å²) in [6, 6.07) is 13.8. The summed E-state index contributed by atoms with van der Waals surface area (Å²) in [5.74, 6) is -1.92. The molecule has 0 unspecified atom stereocenters. The summed E-state index contributed by atoms with van der Waals surface area (Å²) in [5.41, 5.74) is -0.423. The van der Waals surface area contributed by atoms with E-state index in [4.69, 9.17) is 0 Å². The Kier molecular flexibility index (Phi) is 6.07. The first-order valence-electron chi connectivity index (χ1n) is 12.7. The summed E-state index contributed by atoms with van der Waals surface area (Å²) < 4.78 is 0. The van der Waals surface area contributed by atoms with Crippen LogP contribution in [0.1, 0.15) is 16.7 Å². The van der Waals surface area contributed by atoms with E-state index in [-0.39, 0.29) is 12.0 Å². The maximum atomic E-state index is 13.5. The molecule has 40 heavy (non-hydrogen) atoms. The second-order valence-electron chi connectivity index (χ2n) is 10.1. The van der Waals surface area contributed by atoms with Gasteiger partial charge in [0.1, 0.15) is 5.56 Å².